The average molecular weight is 236 g/mol. The first kappa shape index (κ1) is 11.5. The number of benzene rings is 1. The minimum Gasteiger partial charge on any atom is -0.504 e. The van der Waals surface area contributed by atoms with Gasteiger partial charge in [0.15, 0.2) is 11.5 Å². The molecule has 2 rings (SSSR count). The number of phenols is 1. The Kier molecular flexibility index (Phi) is 3.01. The Balaban J connectivity index is 2.76. The Morgan fingerprint density at radius 1 is 1.29 bits per heavy atom. The maximum Gasteiger partial charge on any atom is 0.336 e. The first-order chi connectivity index (χ1) is 8.15. The molecule has 0 radical (unpaired) electrons. The summed E-state index contributed by atoms with van der Waals surface area (Å²) in [7, 11) is 2.99. The van der Waals surface area contributed by atoms with E-state index in [1.54, 1.807) is 6.07 Å². The van der Waals surface area contributed by atoms with Gasteiger partial charge in [-0.1, -0.05) is 0 Å². The van der Waals surface area contributed by atoms with Gasteiger partial charge in [0.2, 0.25) is 0 Å². The van der Waals surface area contributed by atoms with Crippen LogP contribution in [0.5, 0.6) is 11.5 Å². The smallest absolute Gasteiger partial charge is 0.336 e. The molecule has 0 aliphatic carbocycles. The lowest BCUT2D eigenvalue weighted by atomic mass is 10.1. The van der Waals surface area contributed by atoms with Gasteiger partial charge in [-0.25, -0.2) is 4.79 Å². The van der Waals surface area contributed by atoms with Crippen molar-refractivity contribution in [2.75, 3.05) is 14.2 Å². The average Bonchev–Trinajstić information content (AvgIpc) is 2.28. The fourth-order valence-electron chi connectivity index (χ4n) is 1.68. The van der Waals surface area contributed by atoms with Gasteiger partial charge in [0.1, 0.15) is 5.58 Å². The van der Waals surface area contributed by atoms with E-state index in [1.807, 2.05) is 0 Å². The van der Waals surface area contributed by atoms with Crippen molar-refractivity contribution >= 4 is 11.0 Å². The number of ether oxygens (including phenoxy) is 2. The van der Waals surface area contributed by atoms with E-state index in [4.69, 9.17) is 13.9 Å². The van der Waals surface area contributed by atoms with Gasteiger partial charge in [-0.05, 0) is 11.6 Å². The quantitative estimate of drug-likeness (QED) is 0.820. The molecular weight excluding hydrogens is 224 g/mol. The van der Waals surface area contributed by atoms with Gasteiger partial charge in [-0.15, -0.1) is 0 Å². The van der Waals surface area contributed by atoms with Gasteiger partial charge in [0.25, 0.3) is 0 Å². The van der Waals surface area contributed by atoms with Crippen LogP contribution in [0.15, 0.2) is 27.4 Å². The summed E-state index contributed by atoms with van der Waals surface area (Å²) in [6.45, 7) is 0.288. The topological polar surface area (TPSA) is 68.9 Å². The monoisotopic (exact) mass is 236 g/mol. The predicted octanol–water partition coefficient (Wildman–Crippen LogP) is 1.65. The number of hydrogen-bond donors (Lipinski definition) is 1. The summed E-state index contributed by atoms with van der Waals surface area (Å²) in [6.07, 6.45) is 0. The largest absolute Gasteiger partial charge is 0.504 e. The first-order valence-electron chi connectivity index (χ1n) is 4.98. The van der Waals surface area contributed by atoms with E-state index in [9.17, 15) is 9.90 Å². The zero-order valence-electron chi connectivity index (χ0n) is 9.52. The van der Waals surface area contributed by atoms with Crippen LogP contribution in [-0.2, 0) is 11.3 Å². The molecule has 0 saturated carbocycles. The third kappa shape index (κ3) is 2.09. The highest BCUT2D eigenvalue weighted by Crippen LogP contribution is 2.32. The van der Waals surface area contributed by atoms with Gasteiger partial charge in [0, 0.05) is 24.6 Å². The van der Waals surface area contributed by atoms with Crippen LogP contribution in [0.2, 0.25) is 0 Å². The second-order valence-corrected chi connectivity index (χ2v) is 3.54. The number of hydrogen-bond acceptors (Lipinski definition) is 5. The highest BCUT2D eigenvalue weighted by Gasteiger charge is 2.10. The molecule has 0 atom stereocenters. The van der Waals surface area contributed by atoms with Crippen LogP contribution in [0.3, 0.4) is 0 Å². The molecule has 90 valence electrons. The van der Waals surface area contributed by atoms with Crippen LogP contribution in [0.1, 0.15) is 5.56 Å². The maximum atomic E-state index is 11.3. The number of rotatable bonds is 3. The molecule has 5 nitrogen and oxygen atoms in total. The van der Waals surface area contributed by atoms with Crippen molar-refractivity contribution in [3.8, 4) is 11.5 Å². The zero-order chi connectivity index (χ0) is 12.4. The number of phenolic OH excluding ortho intramolecular Hbond substituents is 1. The standard InChI is InChI=1S/C12H12O5/c1-15-6-7-3-12(14)17-10-5-9(13)11(16-2)4-8(7)10/h3-5,13H,6H2,1-2H3. The van der Waals surface area contributed by atoms with E-state index in [2.05, 4.69) is 0 Å². The molecule has 1 N–H and O–H groups in total. The van der Waals surface area contributed by atoms with E-state index >= 15 is 0 Å². The molecule has 0 aliphatic heterocycles. The lowest BCUT2D eigenvalue weighted by molar-refractivity contribution is 0.185. The summed E-state index contributed by atoms with van der Waals surface area (Å²) in [6, 6.07) is 4.33. The van der Waals surface area contributed by atoms with Gasteiger partial charge in [-0.3, -0.25) is 0 Å². The van der Waals surface area contributed by atoms with E-state index in [0.29, 0.717) is 22.3 Å². The van der Waals surface area contributed by atoms with E-state index in [-0.39, 0.29) is 12.4 Å². The SMILES string of the molecule is COCc1cc(=O)oc2cc(O)c(OC)cc12. The van der Waals surface area contributed by atoms with Crippen molar-refractivity contribution in [3.05, 3.63) is 34.2 Å². The number of methoxy groups -OCH3 is 2. The molecule has 1 heterocycles. The summed E-state index contributed by atoms with van der Waals surface area (Å²) >= 11 is 0. The van der Waals surface area contributed by atoms with Gasteiger partial charge in [0.05, 0.1) is 13.7 Å². The molecular formula is C12H12O5. The normalized spacial score (nSPS) is 10.7. The summed E-state index contributed by atoms with van der Waals surface area (Å²) in [5.41, 5.74) is 0.522. The van der Waals surface area contributed by atoms with Crippen molar-refractivity contribution in [2.45, 2.75) is 6.61 Å². The Morgan fingerprint density at radius 3 is 2.71 bits per heavy atom. The molecule has 5 heteroatoms. The fraction of sp³-hybridized carbons (Fsp3) is 0.250. The van der Waals surface area contributed by atoms with Gasteiger partial charge >= 0.3 is 5.63 Å². The first-order valence-corrected chi connectivity index (χ1v) is 4.98. The van der Waals surface area contributed by atoms with Crippen molar-refractivity contribution in [2.24, 2.45) is 0 Å². The summed E-state index contributed by atoms with van der Waals surface area (Å²) in [5, 5.41) is 10.3. The van der Waals surface area contributed by atoms with Crippen LogP contribution in [0.25, 0.3) is 11.0 Å². The maximum absolute atomic E-state index is 11.3. The van der Waals surface area contributed by atoms with E-state index in [1.165, 1.54) is 26.4 Å². The fourth-order valence-corrected chi connectivity index (χ4v) is 1.68. The summed E-state index contributed by atoms with van der Waals surface area (Å²) in [5.74, 6) is 0.251. The Hall–Kier alpha value is -2.01. The molecule has 0 spiro atoms. The minimum atomic E-state index is -0.478. The molecule has 0 amide bonds. The lowest BCUT2D eigenvalue weighted by Gasteiger charge is -2.07. The highest BCUT2D eigenvalue weighted by atomic mass is 16.5. The molecule has 2 aromatic rings. The van der Waals surface area contributed by atoms with Crippen molar-refractivity contribution in [1.29, 1.82) is 0 Å². The third-order valence-corrected chi connectivity index (χ3v) is 2.43. The molecule has 0 bridgehead atoms. The molecule has 0 unspecified atom stereocenters. The van der Waals surface area contributed by atoms with Crippen molar-refractivity contribution in [1.82, 2.24) is 0 Å². The molecule has 17 heavy (non-hydrogen) atoms. The summed E-state index contributed by atoms with van der Waals surface area (Å²) < 4.78 is 15.0. The predicted molar refractivity (Wildman–Crippen MR) is 61.4 cm³/mol. The second-order valence-electron chi connectivity index (χ2n) is 3.54. The van der Waals surface area contributed by atoms with Crippen LogP contribution in [-0.4, -0.2) is 19.3 Å². The van der Waals surface area contributed by atoms with Gasteiger partial charge in [-0.2, -0.15) is 0 Å². The molecule has 0 saturated heterocycles. The lowest BCUT2D eigenvalue weighted by Crippen LogP contribution is -2.01. The van der Waals surface area contributed by atoms with Crippen molar-refractivity contribution in [3.63, 3.8) is 0 Å². The Bertz CT molecular complexity index is 600. The third-order valence-electron chi connectivity index (χ3n) is 2.43. The highest BCUT2D eigenvalue weighted by molar-refractivity contribution is 5.83. The Morgan fingerprint density at radius 2 is 2.06 bits per heavy atom. The molecule has 1 aromatic heterocycles. The van der Waals surface area contributed by atoms with E-state index < -0.39 is 5.63 Å². The summed E-state index contributed by atoms with van der Waals surface area (Å²) in [4.78, 5) is 11.3. The Labute approximate surface area is 97.2 Å². The molecule has 0 aliphatic rings. The van der Waals surface area contributed by atoms with Crippen molar-refractivity contribution < 1.29 is 19.0 Å². The van der Waals surface area contributed by atoms with Gasteiger partial charge < -0.3 is 19.0 Å². The van der Waals surface area contributed by atoms with Crippen LogP contribution < -0.4 is 10.4 Å². The molecule has 0 fully saturated rings. The number of fused-ring (bicyclic) bond motifs is 1. The van der Waals surface area contributed by atoms with Crippen LogP contribution in [0.4, 0.5) is 0 Å². The number of aromatic hydroxyl groups is 1. The minimum absolute atomic E-state index is 0.0716. The second kappa shape index (κ2) is 4.47. The zero-order valence-corrected chi connectivity index (χ0v) is 9.52. The van der Waals surface area contributed by atoms with Crippen LogP contribution in [0, 0.1) is 0 Å². The molecule has 1 aromatic carbocycles. The van der Waals surface area contributed by atoms with E-state index in [0.717, 1.165) is 0 Å². The van der Waals surface area contributed by atoms with Crippen LogP contribution >= 0.6 is 0 Å².